The maximum Gasteiger partial charge on any atom is 0.284 e. The van der Waals surface area contributed by atoms with Crippen molar-refractivity contribution >= 4 is 0 Å². The van der Waals surface area contributed by atoms with Gasteiger partial charge in [0.25, 0.3) is 6.11 Å². The van der Waals surface area contributed by atoms with Gasteiger partial charge in [0.05, 0.1) is 12.0 Å². The molecule has 7 heteroatoms. The molecule has 2 rings (SSSR count). The molecular formula is C20H32F3O3Y-. The smallest absolute Gasteiger partial charge is 0.284 e. The van der Waals surface area contributed by atoms with Gasteiger partial charge in [0.1, 0.15) is 0 Å². The van der Waals surface area contributed by atoms with Gasteiger partial charge in [0.2, 0.25) is 0 Å². The van der Waals surface area contributed by atoms with E-state index in [-0.39, 0.29) is 38.3 Å². The van der Waals surface area contributed by atoms with Gasteiger partial charge in [-0.25, -0.2) is 8.78 Å². The van der Waals surface area contributed by atoms with Crippen molar-refractivity contribution in [3.05, 3.63) is 42.8 Å². The van der Waals surface area contributed by atoms with E-state index in [0.29, 0.717) is 17.9 Å². The molecule has 3 nitrogen and oxygen atoms in total. The first-order valence-corrected chi connectivity index (χ1v) is 8.36. The molecule has 1 aliphatic rings. The van der Waals surface area contributed by atoms with Crippen molar-refractivity contribution < 1.29 is 60.1 Å². The minimum absolute atomic E-state index is 0. The number of rotatable bonds is 5. The van der Waals surface area contributed by atoms with Crippen molar-refractivity contribution in [2.45, 2.75) is 52.7 Å². The third-order valence-electron chi connectivity index (χ3n) is 5.33. The Balaban J connectivity index is 0. The molecule has 1 saturated carbocycles. The first-order chi connectivity index (χ1) is 11.8. The molecule has 0 bridgehead atoms. The van der Waals surface area contributed by atoms with Gasteiger partial charge >= 0.3 is 0 Å². The number of hydrogen-bond acceptors (Lipinski definition) is 3. The molecule has 1 aromatic carbocycles. The molecule has 1 radical (unpaired) electrons. The zero-order valence-electron chi connectivity index (χ0n) is 17.6. The van der Waals surface area contributed by atoms with Crippen molar-refractivity contribution in [2.24, 2.45) is 10.8 Å². The average molecular weight is 466 g/mol. The Morgan fingerprint density at radius 3 is 1.30 bits per heavy atom. The maximum absolute atomic E-state index is 11.8. The third-order valence-corrected chi connectivity index (χ3v) is 5.33. The zero-order chi connectivity index (χ0) is 20.6. The molecule has 1 fully saturated rings. The SMILES string of the molecule is COC(C)(C)C1(C)CC1(C)C.CO[C-](F)C(F)(F)OC.[Y].c1ccccc1. The second-order valence-electron chi connectivity index (χ2n) is 7.46. The van der Waals surface area contributed by atoms with Crippen molar-refractivity contribution in [2.75, 3.05) is 21.3 Å². The van der Waals surface area contributed by atoms with Crippen LogP contribution in [0.1, 0.15) is 41.0 Å². The Morgan fingerprint density at radius 1 is 0.852 bits per heavy atom. The molecule has 0 aromatic heterocycles. The van der Waals surface area contributed by atoms with Crippen LogP contribution >= 0.6 is 0 Å². The number of halogens is 3. The minimum atomic E-state index is -3.92. The van der Waals surface area contributed by atoms with Crippen LogP contribution in [0.15, 0.2) is 36.4 Å². The third kappa shape index (κ3) is 8.49. The summed E-state index contributed by atoms with van der Waals surface area (Å²) in [6, 6.07) is 12.0. The molecule has 1 atom stereocenters. The molecule has 1 aromatic rings. The van der Waals surface area contributed by atoms with E-state index in [4.69, 9.17) is 4.74 Å². The Labute approximate surface area is 187 Å². The van der Waals surface area contributed by atoms with Gasteiger partial charge in [-0.1, -0.05) is 57.2 Å². The maximum atomic E-state index is 11.8. The first kappa shape index (κ1) is 29.2. The van der Waals surface area contributed by atoms with Crippen molar-refractivity contribution in [1.82, 2.24) is 0 Å². The average Bonchev–Trinajstić information content (AvgIpc) is 3.16. The van der Waals surface area contributed by atoms with E-state index in [1.165, 1.54) is 6.42 Å². The molecule has 0 amide bonds. The molecule has 0 heterocycles. The van der Waals surface area contributed by atoms with Crippen LogP contribution in [0.3, 0.4) is 0 Å². The number of hydrogen-bond donors (Lipinski definition) is 0. The standard InChI is InChI=1S/C10H20O.C6H6.C4H6F3O2.Y/c1-8(2)7-10(8,5)9(3,4)11-6;1-2-4-6-5-3-1;1-8-3(5)4(6,7)9-2;/h7H2,1-6H3;1-6H;1-2H3;/q;;-1;. The second kappa shape index (κ2) is 11.9. The van der Waals surface area contributed by atoms with E-state index < -0.39 is 12.5 Å². The monoisotopic (exact) mass is 466 g/mol. The topological polar surface area (TPSA) is 27.7 Å². The Morgan fingerprint density at radius 2 is 1.19 bits per heavy atom. The fraction of sp³-hybridized carbons (Fsp3) is 0.650. The Kier molecular flexibility index (Phi) is 12.8. The summed E-state index contributed by atoms with van der Waals surface area (Å²) in [5.74, 6) is 0. The number of benzene rings is 1. The van der Waals surface area contributed by atoms with E-state index in [0.717, 1.165) is 7.11 Å². The molecule has 0 aliphatic heterocycles. The summed E-state index contributed by atoms with van der Waals surface area (Å²) in [5.41, 5.74) is 0.859. The van der Waals surface area contributed by atoms with Crippen LogP contribution in [0.5, 0.6) is 0 Å². The summed E-state index contributed by atoms with van der Waals surface area (Å²) in [7, 11) is 3.28. The predicted octanol–water partition coefficient (Wildman–Crippen LogP) is 5.86. The fourth-order valence-electron chi connectivity index (χ4n) is 2.68. The summed E-state index contributed by atoms with van der Waals surface area (Å²) in [5, 5.41) is 0. The Hall–Kier alpha value is -0.00610. The van der Waals surface area contributed by atoms with Crippen LogP contribution in [0.25, 0.3) is 0 Å². The van der Waals surface area contributed by atoms with Gasteiger partial charge in [-0.15, -0.1) is 0 Å². The summed E-state index contributed by atoms with van der Waals surface area (Å²) >= 11 is 0. The van der Waals surface area contributed by atoms with Crippen LogP contribution in [0.4, 0.5) is 13.2 Å². The molecule has 0 spiro atoms. The van der Waals surface area contributed by atoms with Gasteiger partial charge in [0, 0.05) is 59.5 Å². The van der Waals surface area contributed by atoms with E-state index in [9.17, 15) is 13.2 Å². The molecule has 0 N–H and O–H groups in total. The zero-order valence-corrected chi connectivity index (χ0v) is 20.4. The number of ether oxygens (including phenoxy) is 3. The first-order valence-electron chi connectivity index (χ1n) is 8.36. The molecule has 0 saturated heterocycles. The van der Waals surface area contributed by atoms with Gasteiger partial charge in [-0.2, -0.15) is 0 Å². The number of alkyl halides is 2. The van der Waals surface area contributed by atoms with Crippen LogP contribution in [0, 0.1) is 17.2 Å². The Bertz CT molecular complexity index is 486. The normalized spacial score (nSPS) is 20.4. The van der Waals surface area contributed by atoms with Gasteiger partial charge < -0.3 is 18.6 Å². The van der Waals surface area contributed by atoms with Crippen molar-refractivity contribution in [3.63, 3.8) is 0 Å². The van der Waals surface area contributed by atoms with Crippen molar-refractivity contribution in [3.8, 4) is 0 Å². The van der Waals surface area contributed by atoms with Crippen LogP contribution in [0.2, 0.25) is 0 Å². The van der Waals surface area contributed by atoms with E-state index >= 15 is 0 Å². The quantitative estimate of drug-likeness (QED) is 0.509. The van der Waals surface area contributed by atoms with Crippen molar-refractivity contribution in [1.29, 1.82) is 0 Å². The van der Waals surface area contributed by atoms with Crippen LogP contribution in [-0.4, -0.2) is 33.0 Å². The summed E-state index contributed by atoms with van der Waals surface area (Å²) in [6.07, 6.45) is -4.58. The van der Waals surface area contributed by atoms with Gasteiger partial charge in [-0.3, -0.25) is 0 Å². The molecular weight excluding hydrogens is 434 g/mol. The summed E-state index contributed by atoms with van der Waals surface area (Å²) < 4.78 is 47.8. The largest absolute Gasteiger partial charge is 0.512 e. The minimum Gasteiger partial charge on any atom is -0.512 e. The van der Waals surface area contributed by atoms with E-state index in [2.05, 4.69) is 44.1 Å². The summed E-state index contributed by atoms with van der Waals surface area (Å²) in [4.78, 5) is 0. The van der Waals surface area contributed by atoms with E-state index in [1.807, 2.05) is 36.4 Å². The van der Waals surface area contributed by atoms with Gasteiger partial charge in [0.15, 0.2) is 0 Å². The molecule has 27 heavy (non-hydrogen) atoms. The van der Waals surface area contributed by atoms with E-state index in [1.54, 1.807) is 7.11 Å². The van der Waals surface area contributed by atoms with Gasteiger partial charge in [-0.05, 0) is 25.7 Å². The summed E-state index contributed by atoms with van der Waals surface area (Å²) in [6.45, 7) is 11.3. The molecule has 1 aliphatic carbocycles. The fourth-order valence-corrected chi connectivity index (χ4v) is 2.68. The predicted molar refractivity (Wildman–Crippen MR) is 97.4 cm³/mol. The van der Waals surface area contributed by atoms with Crippen LogP contribution < -0.4 is 0 Å². The second-order valence-corrected chi connectivity index (χ2v) is 7.46. The number of methoxy groups -OCH3 is 3. The van der Waals surface area contributed by atoms with Crippen LogP contribution in [-0.2, 0) is 46.9 Å². The molecule has 1 unspecified atom stereocenters. The molecule has 155 valence electrons.